The van der Waals surface area contributed by atoms with Crippen LogP contribution in [-0.4, -0.2) is 69.1 Å². The molecule has 3 rings (SSSR count). The predicted octanol–water partition coefficient (Wildman–Crippen LogP) is -0.598. The number of carbonyl (C=O) groups is 1. The smallest absolute Gasteiger partial charge is 0.248 e. The van der Waals surface area contributed by atoms with E-state index in [1.54, 1.807) is 0 Å². The van der Waals surface area contributed by atoms with Crippen molar-refractivity contribution in [2.45, 2.75) is 24.0 Å². The highest BCUT2D eigenvalue weighted by molar-refractivity contribution is 7.93. The van der Waals surface area contributed by atoms with E-state index >= 15 is 0 Å². The lowest BCUT2D eigenvalue weighted by atomic mass is 9.85. The molecule has 1 spiro atoms. The summed E-state index contributed by atoms with van der Waals surface area (Å²) in [6, 6.07) is 0. The second kappa shape index (κ2) is 5.27. The Balaban J connectivity index is 1.50. The van der Waals surface area contributed by atoms with Crippen LogP contribution in [0.3, 0.4) is 0 Å². The maximum absolute atomic E-state index is 12.1. The van der Waals surface area contributed by atoms with Crippen molar-refractivity contribution in [3.05, 3.63) is 0 Å². The molecule has 1 amide bonds. The molecule has 0 saturated carbocycles. The van der Waals surface area contributed by atoms with Crippen molar-refractivity contribution in [1.82, 2.24) is 10.2 Å². The molecule has 6 nitrogen and oxygen atoms in total. The Hall–Kier alpha value is -0.660. The number of likely N-dealkylation sites (tertiary alicyclic amines) is 1. The number of sulfone groups is 1. The lowest BCUT2D eigenvalue weighted by molar-refractivity contribution is -0.135. The summed E-state index contributed by atoms with van der Waals surface area (Å²) in [6.07, 6.45) is 2.80. The fourth-order valence-electron chi connectivity index (χ4n) is 3.48. The molecule has 0 radical (unpaired) electrons. The van der Waals surface area contributed by atoms with Gasteiger partial charge in [-0.3, -0.25) is 4.79 Å². The van der Waals surface area contributed by atoms with Gasteiger partial charge in [-0.05, 0) is 19.3 Å². The van der Waals surface area contributed by atoms with Gasteiger partial charge in [-0.25, -0.2) is 8.42 Å². The summed E-state index contributed by atoms with van der Waals surface area (Å²) < 4.78 is 29.1. The van der Waals surface area contributed by atoms with E-state index in [0.717, 1.165) is 25.9 Å². The van der Waals surface area contributed by atoms with Crippen LogP contribution in [0.15, 0.2) is 0 Å². The zero-order chi connectivity index (χ0) is 14.2. The quantitative estimate of drug-likeness (QED) is 0.751. The maximum atomic E-state index is 12.1. The Morgan fingerprint density at radius 1 is 1.30 bits per heavy atom. The first kappa shape index (κ1) is 14.3. The number of nitrogens with zero attached hydrogens (tertiary/aromatic N) is 1. The van der Waals surface area contributed by atoms with E-state index in [1.807, 2.05) is 4.90 Å². The van der Waals surface area contributed by atoms with E-state index in [9.17, 15) is 13.2 Å². The summed E-state index contributed by atoms with van der Waals surface area (Å²) >= 11 is 0. The minimum absolute atomic E-state index is 0.0279. The van der Waals surface area contributed by atoms with Gasteiger partial charge in [0.25, 0.3) is 0 Å². The first-order chi connectivity index (χ1) is 9.55. The topological polar surface area (TPSA) is 75.7 Å². The Morgan fingerprint density at radius 2 is 2.00 bits per heavy atom. The van der Waals surface area contributed by atoms with E-state index in [1.165, 1.54) is 0 Å². The summed E-state index contributed by atoms with van der Waals surface area (Å²) in [5.41, 5.74) is 0. The van der Waals surface area contributed by atoms with Crippen LogP contribution in [0.1, 0.15) is 19.3 Å². The van der Waals surface area contributed by atoms with Gasteiger partial charge in [-0.1, -0.05) is 0 Å². The Bertz CT molecular complexity index is 481. The molecule has 0 aromatic rings. The fraction of sp³-hybridized carbons (Fsp3) is 0.923. The lowest BCUT2D eigenvalue weighted by Crippen LogP contribution is -2.66. The minimum atomic E-state index is -3.00. The molecular formula is C13H22N2O4S. The number of carbonyl (C=O) groups excluding carboxylic acids is 1. The summed E-state index contributed by atoms with van der Waals surface area (Å²) in [4.78, 5) is 13.7. The summed E-state index contributed by atoms with van der Waals surface area (Å²) in [7, 11) is -3.00. The molecule has 3 heterocycles. The average Bonchev–Trinajstić information content (AvgIpc) is 2.94. The number of hydrogen-bond acceptors (Lipinski definition) is 5. The van der Waals surface area contributed by atoms with Gasteiger partial charge in [0, 0.05) is 32.1 Å². The van der Waals surface area contributed by atoms with Crippen molar-refractivity contribution >= 4 is 15.7 Å². The van der Waals surface area contributed by atoms with E-state index in [4.69, 9.17) is 4.74 Å². The normalized spacial score (nSPS) is 30.6. The van der Waals surface area contributed by atoms with Crippen LogP contribution in [0.4, 0.5) is 0 Å². The largest absolute Gasteiger partial charge is 0.371 e. The molecule has 0 unspecified atom stereocenters. The van der Waals surface area contributed by atoms with Crippen molar-refractivity contribution in [3.8, 4) is 0 Å². The SMILES string of the molecule is O=C(COC[C@@H]1CCS(=O)(=O)C12CNC2)N1CCCC1. The van der Waals surface area contributed by atoms with Gasteiger partial charge in [0.2, 0.25) is 5.91 Å². The molecule has 0 aliphatic carbocycles. The second-order valence-electron chi connectivity index (χ2n) is 6.08. The first-order valence-electron chi connectivity index (χ1n) is 7.34. The highest BCUT2D eigenvalue weighted by atomic mass is 32.2. The van der Waals surface area contributed by atoms with Crippen LogP contribution in [0.2, 0.25) is 0 Å². The third-order valence-electron chi connectivity index (χ3n) is 4.95. The highest BCUT2D eigenvalue weighted by Gasteiger charge is 2.58. The van der Waals surface area contributed by atoms with Gasteiger partial charge in [0.05, 0.1) is 12.4 Å². The minimum Gasteiger partial charge on any atom is -0.371 e. The molecule has 3 aliphatic heterocycles. The first-order valence-corrected chi connectivity index (χ1v) is 8.99. The van der Waals surface area contributed by atoms with Crippen LogP contribution < -0.4 is 5.32 Å². The van der Waals surface area contributed by atoms with Crippen LogP contribution in [0, 0.1) is 5.92 Å². The zero-order valence-corrected chi connectivity index (χ0v) is 12.5. The third-order valence-corrected chi connectivity index (χ3v) is 7.58. The van der Waals surface area contributed by atoms with Gasteiger partial charge in [-0.15, -0.1) is 0 Å². The predicted molar refractivity (Wildman–Crippen MR) is 74.1 cm³/mol. The van der Waals surface area contributed by atoms with Gasteiger partial charge in [-0.2, -0.15) is 0 Å². The highest BCUT2D eigenvalue weighted by Crippen LogP contribution is 2.40. The van der Waals surface area contributed by atoms with Crippen molar-refractivity contribution < 1.29 is 17.9 Å². The molecule has 3 saturated heterocycles. The maximum Gasteiger partial charge on any atom is 0.248 e. The van der Waals surface area contributed by atoms with E-state index < -0.39 is 14.6 Å². The molecule has 0 bridgehead atoms. The van der Waals surface area contributed by atoms with Crippen LogP contribution in [0.25, 0.3) is 0 Å². The van der Waals surface area contributed by atoms with Gasteiger partial charge < -0.3 is 15.0 Å². The second-order valence-corrected chi connectivity index (χ2v) is 8.53. The molecule has 0 aromatic carbocycles. The standard InChI is InChI=1S/C13H22N2O4S/c16-12(15-4-1-2-5-15)8-19-7-11-3-6-20(17,18)13(11)9-14-10-13/h11,14H,1-10H2/t11-/m0/s1. The van der Waals surface area contributed by atoms with Crippen LogP contribution >= 0.6 is 0 Å². The van der Waals surface area contributed by atoms with Crippen molar-refractivity contribution in [3.63, 3.8) is 0 Å². The van der Waals surface area contributed by atoms with Gasteiger partial charge in [0.15, 0.2) is 9.84 Å². The van der Waals surface area contributed by atoms with E-state index in [0.29, 0.717) is 26.1 Å². The van der Waals surface area contributed by atoms with E-state index in [2.05, 4.69) is 5.32 Å². The number of nitrogens with one attached hydrogen (secondary N) is 1. The van der Waals surface area contributed by atoms with E-state index in [-0.39, 0.29) is 24.2 Å². The van der Waals surface area contributed by atoms with Crippen molar-refractivity contribution in [2.75, 3.05) is 45.1 Å². The van der Waals surface area contributed by atoms with Crippen LogP contribution in [0.5, 0.6) is 0 Å². The molecule has 0 aromatic heterocycles. The summed E-state index contributed by atoms with van der Waals surface area (Å²) in [6.45, 7) is 3.18. The Labute approximate surface area is 119 Å². The third kappa shape index (κ3) is 2.25. The van der Waals surface area contributed by atoms with Crippen molar-refractivity contribution in [1.29, 1.82) is 0 Å². The summed E-state index contributed by atoms with van der Waals surface area (Å²) in [5, 5.41) is 3.06. The molecular weight excluding hydrogens is 280 g/mol. The number of rotatable bonds is 4. The van der Waals surface area contributed by atoms with Gasteiger partial charge in [0.1, 0.15) is 11.4 Å². The molecule has 1 N–H and O–H groups in total. The Kier molecular flexibility index (Phi) is 3.77. The molecule has 7 heteroatoms. The molecule has 3 aliphatic rings. The lowest BCUT2D eigenvalue weighted by Gasteiger charge is -2.42. The van der Waals surface area contributed by atoms with Crippen molar-refractivity contribution in [2.24, 2.45) is 5.92 Å². The molecule has 1 atom stereocenters. The molecule has 114 valence electrons. The average molecular weight is 302 g/mol. The van der Waals surface area contributed by atoms with Gasteiger partial charge >= 0.3 is 0 Å². The van der Waals surface area contributed by atoms with Crippen LogP contribution in [-0.2, 0) is 19.4 Å². The number of amides is 1. The number of hydrogen-bond donors (Lipinski definition) is 1. The fourth-order valence-corrected chi connectivity index (χ4v) is 5.82. The molecule has 20 heavy (non-hydrogen) atoms. The zero-order valence-electron chi connectivity index (χ0n) is 11.6. The molecule has 3 fully saturated rings. The number of ether oxygens (including phenoxy) is 1. The monoisotopic (exact) mass is 302 g/mol. The Morgan fingerprint density at radius 3 is 2.60 bits per heavy atom. The summed E-state index contributed by atoms with van der Waals surface area (Å²) in [5.74, 6) is 0.312.